The molecule has 3 rings (SSSR count). The van der Waals surface area contributed by atoms with Crippen molar-refractivity contribution in [3.05, 3.63) is 46.7 Å². The van der Waals surface area contributed by atoms with E-state index in [1.807, 2.05) is 5.38 Å². The average Bonchev–Trinajstić information content (AvgIpc) is 3.19. The maximum absolute atomic E-state index is 12.3. The summed E-state index contributed by atoms with van der Waals surface area (Å²) in [6, 6.07) is 3.37. The third kappa shape index (κ3) is 5.07. The molecule has 1 fully saturated rings. The Hall–Kier alpha value is -2.87. The van der Waals surface area contributed by atoms with Gasteiger partial charge in [-0.05, 0) is 54.8 Å². The highest BCUT2D eigenvalue weighted by atomic mass is 32.1. The summed E-state index contributed by atoms with van der Waals surface area (Å²) in [5.41, 5.74) is 1.31. The zero-order valence-corrected chi connectivity index (χ0v) is 15.5. The van der Waals surface area contributed by atoms with Gasteiger partial charge in [-0.15, -0.1) is 11.3 Å². The quantitative estimate of drug-likeness (QED) is 0.548. The standard InChI is InChI=1S/C19H19NO6S/c1-2-24-19(23)17-14(12-5-6-12)11-27-18(17)20-15(21)10-26-16(22)8-7-13-4-3-9-25-13/h3-4,7-9,11-12H,2,5-6,10H2,1H3,(H,20,21)/b8-7+. The summed E-state index contributed by atoms with van der Waals surface area (Å²) in [4.78, 5) is 36.0. The number of amides is 1. The Balaban J connectivity index is 1.57. The van der Waals surface area contributed by atoms with Crippen LogP contribution in [0.25, 0.3) is 6.08 Å². The minimum Gasteiger partial charge on any atom is -0.465 e. The van der Waals surface area contributed by atoms with Gasteiger partial charge in [0, 0.05) is 6.08 Å². The number of ether oxygens (including phenoxy) is 2. The molecule has 0 atom stereocenters. The second-order valence-corrected chi connectivity index (χ2v) is 6.77. The van der Waals surface area contributed by atoms with Crippen LogP contribution in [0.3, 0.4) is 0 Å². The molecule has 0 saturated heterocycles. The van der Waals surface area contributed by atoms with Crippen LogP contribution in [-0.4, -0.2) is 31.1 Å². The van der Waals surface area contributed by atoms with Crippen LogP contribution in [0.4, 0.5) is 5.00 Å². The van der Waals surface area contributed by atoms with E-state index < -0.39 is 24.5 Å². The summed E-state index contributed by atoms with van der Waals surface area (Å²) >= 11 is 1.27. The summed E-state index contributed by atoms with van der Waals surface area (Å²) in [6.07, 6.45) is 6.15. The third-order valence-corrected chi connectivity index (χ3v) is 4.76. The van der Waals surface area contributed by atoms with Crippen LogP contribution >= 0.6 is 11.3 Å². The fourth-order valence-electron chi connectivity index (χ4n) is 2.46. The van der Waals surface area contributed by atoms with Crippen molar-refractivity contribution in [3.63, 3.8) is 0 Å². The number of hydrogen-bond acceptors (Lipinski definition) is 7. The van der Waals surface area contributed by atoms with E-state index in [1.165, 1.54) is 29.8 Å². The summed E-state index contributed by atoms with van der Waals surface area (Å²) in [5.74, 6) is -0.798. The molecule has 0 bridgehead atoms. The first-order valence-electron chi connectivity index (χ1n) is 8.55. The Morgan fingerprint density at radius 2 is 2.15 bits per heavy atom. The second kappa shape index (κ2) is 8.68. The van der Waals surface area contributed by atoms with E-state index in [1.54, 1.807) is 19.1 Å². The van der Waals surface area contributed by atoms with Crippen LogP contribution in [0.1, 0.15) is 47.4 Å². The van der Waals surface area contributed by atoms with Gasteiger partial charge >= 0.3 is 11.9 Å². The number of hydrogen-bond donors (Lipinski definition) is 1. The lowest BCUT2D eigenvalue weighted by Gasteiger charge is -2.08. The van der Waals surface area contributed by atoms with Gasteiger partial charge in [-0.25, -0.2) is 9.59 Å². The molecule has 1 aliphatic rings. The number of carbonyl (C=O) groups excluding carboxylic acids is 3. The van der Waals surface area contributed by atoms with Gasteiger partial charge in [-0.3, -0.25) is 4.79 Å². The van der Waals surface area contributed by atoms with Gasteiger partial charge in [0.1, 0.15) is 10.8 Å². The summed E-state index contributed by atoms with van der Waals surface area (Å²) in [5, 5.41) is 4.93. The topological polar surface area (TPSA) is 94.8 Å². The van der Waals surface area contributed by atoms with E-state index in [4.69, 9.17) is 13.9 Å². The predicted molar refractivity (Wildman–Crippen MR) is 99.6 cm³/mol. The molecule has 1 saturated carbocycles. The fraction of sp³-hybridized carbons (Fsp3) is 0.316. The molecule has 2 aromatic rings. The third-order valence-electron chi connectivity index (χ3n) is 3.84. The normalized spacial score (nSPS) is 13.5. The van der Waals surface area contributed by atoms with Gasteiger partial charge in [0.05, 0.1) is 18.4 Å². The molecule has 1 amide bonds. The molecule has 7 nitrogen and oxygen atoms in total. The van der Waals surface area contributed by atoms with E-state index in [9.17, 15) is 14.4 Å². The van der Waals surface area contributed by atoms with Crippen LogP contribution < -0.4 is 5.32 Å². The van der Waals surface area contributed by atoms with E-state index in [-0.39, 0.29) is 6.61 Å². The molecule has 0 unspecified atom stereocenters. The number of rotatable bonds is 8. The number of furan rings is 1. The van der Waals surface area contributed by atoms with Crippen LogP contribution in [0.5, 0.6) is 0 Å². The van der Waals surface area contributed by atoms with Crippen molar-refractivity contribution in [1.82, 2.24) is 0 Å². The van der Waals surface area contributed by atoms with Crippen molar-refractivity contribution in [1.29, 1.82) is 0 Å². The van der Waals surface area contributed by atoms with Gasteiger partial charge in [-0.2, -0.15) is 0 Å². The SMILES string of the molecule is CCOC(=O)c1c(C2CC2)csc1NC(=O)COC(=O)/C=C/c1ccco1. The number of thiophene rings is 1. The smallest absolute Gasteiger partial charge is 0.341 e. The summed E-state index contributed by atoms with van der Waals surface area (Å²) in [6.45, 7) is 1.53. The van der Waals surface area contributed by atoms with Crippen molar-refractivity contribution >= 4 is 40.3 Å². The maximum atomic E-state index is 12.3. The highest BCUT2D eigenvalue weighted by molar-refractivity contribution is 7.15. The zero-order chi connectivity index (χ0) is 19.2. The highest BCUT2D eigenvalue weighted by Crippen LogP contribution is 2.46. The summed E-state index contributed by atoms with van der Waals surface area (Å²) in [7, 11) is 0. The lowest BCUT2D eigenvalue weighted by Crippen LogP contribution is -2.21. The maximum Gasteiger partial charge on any atom is 0.341 e. The molecule has 142 valence electrons. The lowest BCUT2D eigenvalue weighted by molar-refractivity contribution is -0.142. The Labute approximate surface area is 160 Å². The van der Waals surface area contributed by atoms with Crippen LogP contribution in [-0.2, 0) is 19.1 Å². The molecule has 2 heterocycles. The van der Waals surface area contributed by atoms with Crippen molar-refractivity contribution in [3.8, 4) is 0 Å². The van der Waals surface area contributed by atoms with E-state index >= 15 is 0 Å². The fourth-order valence-corrected chi connectivity index (χ4v) is 3.50. The Morgan fingerprint density at radius 1 is 1.33 bits per heavy atom. The van der Waals surface area contributed by atoms with Crippen LogP contribution in [0.2, 0.25) is 0 Å². The van der Waals surface area contributed by atoms with Crippen molar-refractivity contribution in [2.75, 3.05) is 18.5 Å². The van der Waals surface area contributed by atoms with E-state index in [0.717, 1.165) is 18.4 Å². The monoisotopic (exact) mass is 389 g/mol. The molecule has 0 radical (unpaired) electrons. The van der Waals surface area contributed by atoms with Crippen molar-refractivity contribution < 1.29 is 28.3 Å². The predicted octanol–water partition coefficient (Wildman–Crippen LogP) is 3.59. The highest BCUT2D eigenvalue weighted by Gasteiger charge is 2.32. The molecule has 1 N–H and O–H groups in total. The molecule has 8 heteroatoms. The van der Waals surface area contributed by atoms with Gasteiger partial charge < -0.3 is 19.2 Å². The Kier molecular flexibility index (Phi) is 6.08. The van der Waals surface area contributed by atoms with Crippen molar-refractivity contribution in [2.45, 2.75) is 25.7 Å². The number of esters is 2. The average molecular weight is 389 g/mol. The number of anilines is 1. The number of carbonyl (C=O) groups is 3. The first-order chi connectivity index (χ1) is 13.1. The molecule has 1 aliphatic carbocycles. The second-order valence-electron chi connectivity index (χ2n) is 5.89. The molecule has 0 spiro atoms. The Morgan fingerprint density at radius 3 is 2.81 bits per heavy atom. The molecule has 2 aromatic heterocycles. The first kappa shape index (κ1) is 18.9. The molecule has 0 aliphatic heterocycles. The molecular weight excluding hydrogens is 370 g/mol. The molecule has 27 heavy (non-hydrogen) atoms. The van der Waals surface area contributed by atoms with Gasteiger partial charge in [-0.1, -0.05) is 0 Å². The van der Waals surface area contributed by atoms with E-state index in [0.29, 0.717) is 22.2 Å². The number of nitrogens with one attached hydrogen (secondary N) is 1. The largest absolute Gasteiger partial charge is 0.465 e. The van der Waals surface area contributed by atoms with E-state index in [2.05, 4.69) is 5.32 Å². The van der Waals surface area contributed by atoms with Gasteiger partial charge in [0.15, 0.2) is 6.61 Å². The summed E-state index contributed by atoms with van der Waals surface area (Å²) < 4.78 is 15.1. The Bertz CT molecular complexity index is 848. The van der Waals surface area contributed by atoms with Crippen molar-refractivity contribution in [2.24, 2.45) is 0 Å². The van der Waals surface area contributed by atoms with Gasteiger partial charge in [0.25, 0.3) is 5.91 Å². The first-order valence-corrected chi connectivity index (χ1v) is 9.43. The minimum absolute atomic E-state index is 0.256. The van der Waals surface area contributed by atoms with Crippen LogP contribution in [0, 0.1) is 0 Å². The van der Waals surface area contributed by atoms with Crippen LogP contribution in [0.15, 0.2) is 34.3 Å². The minimum atomic E-state index is -0.669. The molecule has 0 aromatic carbocycles. The zero-order valence-electron chi connectivity index (χ0n) is 14.7. The molecular formula is C19H19NO6S. The lowest BCUT2D eigenvalue weighted by atomic mass is 10.1. The van der Waals surface area contributed by atoms with Gasteiger partial charge in [0.2, 0.25) is 0 Å².